The minimum Gasteiger partial charge on any atom is -0.502 e. The maximum absolute atomic E-state index is 13.0. The molecule has 1 aromatic carbocycles. The summed E-state index contributed by atoms with van der Waals surface area (Å²) in [6.07, 6.45) is 2.60. The topological polar surface area (TPSA) is 98.2 Å². The van der Waals surface area contributed by atoms with E-state index in [4.69, 9.17) is 4.42 Å². The standard InChI is InChI=1S/C19H13N3O4S/c23-15-9-12(26-10-16(15)24)11-27-19-21-14-6-2-1-5-13(14)18(25)22(19)17-7-3-4-8-20-17/h1-10,24H,11H2. The smallest absolute Gasteiger partial charge is 0.267 e. The van der Waals surface area contributed by atoms with E-state index in [0.29, 0.717) is 27.6 Å². The molecule has 4 rings (SSSR count). The van der Waals surface area contributed by atoms with Gasteiger partial charge in [-0.3, -0.25) is 9.59 Å². The molecule has 7 nitrogen and oxygen atoms in total. The van der Waals surface area contributed by atoms with Crippen LogP contribution < -0.4 is 11.0 Å². The van der Waals surface area contributed by atoms with Gasteiger partial charge in [-0.2, -0.15) is 0 Å². The number of aromatic hydroxyl groups is 1. The Bertz CT molecular complexity index is 1240. The summed E-state index contributed by atoms with van der Waals surface area (Å²) in [5, 5.41) is 10.2. The fourth-order valence-corrected chi connectivity index (χ4v) is 3.44. The summed E-state index contributed by atoms with van der Waals surface area (Å²) < 4.78 is 6.66. The highest BCUT2D eigenvalue weighted by atomic mass is 32.2. The first-order chi connectivity index (χ1) is 13.1. The lowest BCUT2D eigenvalue weighted by Gasteiger charge is -2.12. The lowest BCUT2D eigenvalue weighted by Crippen LogP contribution is -2.22. The first-order valence-electron chi connectivity index (χ1n) is 8.00. The third-order valence-corrected chi connectivity index (χ3v) is 4.79. The molecule has 0 radical (unpaired) electrons. The van der Waals surface area contributed by atoms with Gasteiger partial charge in [0.1, 0.15) is 17.8 Å². The van der Waals surface area contributed by atoms with Gasteiger partial charge in [0, 0.05) is 12.3 Å². The Morgan fingerprint density at radius 3 is 2.70 bits per heavy atom. The fourth-order valence-electron chi connectivity index (χ4n) is 2.55. The average Bonchev–Trinajstić information content (AvgIpc) is 2.70. The maximum Gasteiger partial charge on any atom is 0.267 e. The van der Waals surface area contributed by atoms with Gasteiger partial charge in [-0.15, -0.1) is 0 Å². The van der Waals surface area contributed by atoms with Crippen LogP contribution in [0.4, 0.5) is 0 Å². The second-order valence-corrected chi connectivity index (χ2v) is 6.57. The first kappa shape index (κ1) is 17.0. The number of rotatable bonds is 4. The number of benzene rings is 1. The van der Waals surface area contributed by atoms with E-state index >= 15 is 0 Å². The summed E-state index contributed by atoms with van der Waals surface area (Å²) in [7, 11) is 0. The van der Waals surface area contributed by atoms with Crippen molar-refractivity contribution in [1.29, 1.82) is 0 Å². The number of para-hydroxylation sites is 1. The highest BCUT2D eigenvalue weighted by Gasteiger charge is 2.14. The predicted molar refractivity (Wildman–Crippen MR) is 101 cm³/mol. The van der Waals surface area contributed by atoms with E-state index in [1.165, 1.54) is 22.4 Å². The van der Waals surface area contributed by atoms with E-state index < -0.39 is 11.2 Å². The summed E-state index contributed by atoms with van der Waals surface area (Å²) >= 11 is 1.24. The molecule has 3 heterocycles. The van der Waals surface area contributed by atoms with Gasteiger partial charge in [-0.25, -0.2) is 14.5 Å². The summed E-state index contributed by atoms with van der Waals surface area (Å²) in [4.78, 5) is 33.4. The van der Waals surface area contributed by atoms with Crippen LogP contribution in [0.15, 0.2) is 80.2 Å². The van der Waals surface area contributed by atoms with Crippen LogP contribution in [0.1, 0.15) is 5.76 Å². The first-order valence-corrected chi connectivity index (χ1v) is 8.99. The normalized spacial score (nSPS) is 11.0. The maximum atomic E-state index is 13.0. The lowest BCUT2D eigenvalue weighted by atomic mass is 10.2. The van der Waals surface area contributed by atoms with Gasteiger partial charge in [0.2, 0.25) is 5.43 Å². The van der Waals surface area contributed by atoms with Gasteiger partial charge >= 0.3 is 0 Å². The molecule has 0 atom stereocenters. The van der Waals surface area contributed by atoms with E-state index in [2.05, 4.69) is 9.97 Å². The summed E-state index contributed by atoms with van der Waals surface area (Å²) in [6, 6.07) is 13.6. The van der Waals surface area contributed by atoms with Crippen LogP contribution in [0.5, 0.6) is 5.75 Å². The Morgan fingerprint density at radius 2 is 1.93 bits per heavy atom. The Hall–Kier alpha value is -3.39. The van der Waals surface area contributed by atoms with Gasteiger partial charge in [-0.1, -0.05) is 30.0 Å². The number of fused-ring (bicyclic) bond motifs is 1. The fraction of sp³-hybridized carbons (Fsp3) is 0.0526. The van der Waals surface area contributed by atoms with Crippen LogP contribution in [0.25, 0.3) is 16.7 Å². The molecule has 0 bridgehead atoms. The molecular weight excluding hydrogens is 366 g/mol. The van der Waals surface area contributed by atoms with Gasteiger partial charge in [0.05, 0.1) is 16.7 Å². The van der Waals surface area contributed by atoms with Crippen molar-refractivity contribution >= 4 is 22.7 Å². The van der Waals surface area contributed by atoms with E-state index in [1.807, 2.05) is 6.07 Å². The summed E-state index contributed by atoms with van der Waals surface area (Å²) in [5.74, 6) is 0.624. The van der Waals surface area contributed by atoms with Crippen molar-refractivity contribution in [3.05, 3.63) is 87.3 Å². The molecule has 0 unspecified atom stereocenters. The molecule has 0 saturated carbocycles. The monoisotopic (exact) mass is 379 g/mol. The number of aromatic nitrogens is 3. The minimum atomic E-state index is -0.523. The van der Waals surface area contributed by atoms with Gasteiger partial charge in [-0.05, 0) is 24.3 Å². The summed E-state index contributed by atoms with van der Waals surface area (Å²) in [6.45, 7) is 0. The van der Waals surface area contributed by atoms with Crippen LogP contribution >= 0.6 is 11.8 Å². The third-order valence-electron chi connectivity index (χ3n) is 3.83. The largest absolute Gasteiger partial charge is 0.502 e. The quantitative estimate of drug-likeness (QED) is 0.430. The molecule has 1 N–H and O–H groups in total. The van der Waals surface area contributed by atoms with Crippen LogP contribution in [0.2, 0.25) is 0 Å². The van der Waals surface area contributed by atoms with Crippen molar-refractivity contribution in [3.8, 4) is 11.6 Å². The zero-order valence-electron chi connectivity index (χ0n) is 13.9. The van der Waals surface area contributed by atoms with Crippen molar-refractivity contribution in [3.63, 3.8) is 0 Å². The van der Waals surface area contributed by atoms with E-state index in [0.717, 1.165) is 6.26 Å². The van der Waals surface area contributed by atoms with Crippen molar-refractivity contribution in [2.75, 3.05) is 0 Å². The number of thioether (sulfide) groups is 1. The van der Waals surface area contributed by atoms with Gasteiger partial charge in [0.25, 0.3) is 5.56 Å². The zero-order chi connectivity index (χ0) is 18.8. The highest BCUT2D eigenvalue weighted by Crippen LogP contribution is 2.24. The average molecular weight is 379 g/mol. The van der Waals surface area contributed by atoms with Crippen LogP contribution in [0.3, 0.4) is 0 Å². The van der Waals surface area contributed by atoms with Crippen LogP contribution in [-0.4, -0.2) is 19.6 Å². The molecule has 134 valence electrons. The molecule has 4 aromatic rings. The van der Waals surface area contributed by atoms with Crippen molar-refractivity contribution < 1.29 is 9.52 Å². The second-order valence-electron chi connectivity index (χ2n) is 5.62. The van der Waals surface area contributed by atoms with Crippen LogP contribution in [-0.2, 0) is 5.75 Å². The zero-order valence-corrected chi connectivity index (χ0v) is 14.7. The van der Waals surface area contributed by atoms with Crippen molar-refractivity contribution in [2.24, 2.45) is 0 Å². The molecule has 0 saturated heterocycles. The highest BCUT2D eigenvalue weighted by molar-refractivity contribution is 7.98. The molecule has 27 heavy (non-hydrogen) atoms. The predicted octanol–water partition coefficient (Wildman–Crippen LogP) is 2.73. The molecule has 0 aliphatic carbocycles. The van der Waals surface area contributed by atoms with Crippen LogP contribution in [0, 0.1) is 0 Å². The molecule has 0 aliphatic heterocycles. The molecule has 8 heteroatoms. The van der Waals surface area contributed by atoms with Gasteiger partial charge in [0.15, 0.2) is 10.9 Å². The second kappa shape index (κ2) is 7.08. The molecular formula is C19H13N3O4S. The van der Waals surface area contributed by atoms with Crippen molar-refractivity contribution in [1.82, 2.24) is 14.5 Å². The third kappa shape index (κ3) is 3.34. The molecule has 0 aliphatic rings. The summed E-state index contributed by atoms with van der Waals surface area (Å²) in [5.41, 5.74) is -0.177. The number of nitrogens with zero attached hydrogens (tertiary/aromatic N) is 3. The Labute approximate surface area is 157 Å². The Kier molecular flexibility index (Phi) is 4.47. The Morgan fingerprint density at radius 1 is 1.11 bits per heavy atom. The SMILES string of the molecule is O=c1cc(CSc2nc3ccccc3c(=O)n2-c2ccccn2)occ1O. The number of hydrogen-bond donors (Lipinski definition) is 1. The van der Waals surface area contributed by atoms with E-state index in [-0.39, 0.29) is 11.3 Å². The number of pyridine rings is 1. The molecule has 0 amide bonds. The van der Waals surface area contributed by atoms with E-state index in [1.54, 1.807) is 42.6 Å². The lowest BCUT2D eigenvalue weighted by molar-refractivity contribution is 0.419. The molecule has 3 aromatic heterocycles. The number of hydrogen-bond acceptors (Lipinski definition) is 7. The minimum absolute atomic E-state index is 0.228. The van der Waals surface area contributed by atoms with Gasteiger partial charge < -0.3 is 9.52 Å². The molecule has 0 spiro atoms. The Balaban J connectivity index is 1.82. The molecule has 0 fully saturated rings. The van der Waals surface area contributed by atoms with Crippen molar-refractivity contribution in [2.45, 2.75) is 10.9 Å². The van der Waals surface area contributed by atoms with E-state index in [9.17, 15) is 14.7 Å².